The predicted octanol–water partition coefficient (Wildman–Crippen LogP) is 22.9. The zero-order valence-corrected chi connectivity index (χ0v) is 50.3. The summed E-state index contributed by atoms with van der Waals surface area (Å²) in [5, 5.41) is 9.86. The molecule has 0 bridgehead atoms. The number of Topliss-reactive ketones (excluding diaryl/α,β-unsaturated/α-hetero) is 1. The summed E-state index contributed by atoms with van der Waals surface area (Å²) in [6.07, 6.45) is 5.29. The highest BCUT2D eigenvalue weighted by molar-refractivity contribution is 6.15. The van der Waals surface area contributed by atoms with E-state index in [-0.39, 0.29) is 11.7 Å². The lowest BCUT2D eigenvalue weighted by Crippen LogP contribution is -2.28. The largest absolute Gasteiger partial charge is 0.289 e. The van der Waals surface area contributed by atoms with Crippen LogP contribution in [0.1, 0.15) is 67.2 Å². The summed E-state index contributed by atoms with van der Waals surface area (Å²) in [6, 6.07) is 115. The van der Waals surface area contributed by atoms with Gasteiger partial charge in [0, 0.05) is 17.1 Å². The number of benzene rings is 15. The first-order chi connectivity index (χ1) is 45.5. The summed E-state index contributed by atoms with van der Waals surface area (Å²) >= 11 is 0. The van der Waals surface area contributed by atoms with E-state index in [0.717, 1.165) is 17.6 Å². The fourth-order valence-electron chi connectivity index (χ4n) is 17.6. The molecule has 0 radical (unpaired) electrons. The summed E-state index contributed by atoms with van der Waals surface area (Å²) in [6.45, 7) is 0. The Labute approximate surface area is 534 Å². The standard InChI is InChI=1S/C91H56O/c92-89(67-41-44-77-73-24-7-12-29-83(73)90(87(77)53-67)81-27-10-5-22-71(81)72-23-6-11-28-82(72)90)68-42-45-78-75-26-9-14-31-85(75)91(88(78)54-68)84-30-13-8-25-74(84)76-43-40-64(52-86(76)91)63-38-39-66-51-80(70-21-4-3-20-69(70)79(66)50-63)65-19-15-18-57(49-65)58-34-35-62-48-61(37-36-60(62)47-58)59-33-32-55-16-1-2-17-56(55)46-59/h1-44,46-54,78H,45H2. The first-order valence-electron chi connectivity index (χ1n) is 32.3. The Hall–Kier alpha value is -11.5. The molecule has 2 spiro atoms. The van der Waals surface area contributed by atoms with Crippen LogP contribution in [0.25, 0.3) is 121 Å². The van der Waals surface area contributed by atoms with E-state index in [0.29, 0.717) is 0 Å². The van der Waals surface area contributed by atoms with Crippen molar-refractivity contribution in [2.45, 2.75) is 23.2 Å². The van der Waals surface area contributed by atoms with Gasteiger partial charge in [-0.25, -0.2) is 0 Å². The highest BCUT2D eigenvalue weighted by Gasteiger charge is 2.56. The summed E-state index contributed by atoms with van der Waals surface area (Å²) in [7, 11) is 0. The van der Waals surface area contributed by atoms with Gasteiger partial charge in [0.1, 0.15) is 0 Å². The number of rotatable bonds is 6. The van der Waals surface area contributed by atoms with Crippen LogP contribution in [0.3, 0.4) is 0 Å². The molecule has 20 rings (SSSR count). The van der Waals surface area contributed by atoms with Crippen LogP contribution < -0.4 is 0 Å². The number of allylic oxidation sites excluding steroid dienone is 4. The van der Waals surface area contributed by atoms with E-state index in [1.165, 1.54) is 171 Å². The maximum absolute atomic E-state index is 15.7. The fraction of sp³-hybridized carbons (Fsp3) is 0.0440. The van der Waals surface area contributed by atoms with Crippen LogP contribution in [-0.2, 0) is 10.8 Å². The van der Waals surface area contributed by atoms with Crippen molar-refractivity contribution in [1.29, 1.82) is 0 Å². The van der Waals surface area contributed by atoms with E-state index in [2.05, 4.69) is 322 Å². The minimum atomic E-state index is -0.605. The van der Waals surface area contributed by atoms with Crippen molar-refractivity contribution in [3.05, 3.63) is 383 Å². The molecule has 92 heavy (non-hydrogen) atoms. The van der Waals surface area contributed by atoms with Crippen molar-refractivity contribution < 1.29 is 4.79 Å². The number of ketones is 1. The number of carbonyl (C=O) groups is 1. The Kier molecular flexibility index (Phi) is 10.8. The summed E-state index contributed by atoms with van der Waals surface area (Å²) in [4.78, 5) is 15.7. The monoisotopic (exact) mass is 1160 g/mol. The second-order valence-corrected chi connectivity index (χ2v) is 26.0. The smallest absolute Gasteiger partial charge is 0.192 e. The average molecular weight is 1170 g/mol. The minimum Gasteiger partial charge on any atom is -0.289 e. The van der Waals surface area contributed by atoms with Crippen LogP contribution in [-0.4, -0.2) is 5.78 Å². The molecule has 426 valence electrons. The molecule has 2 unspecified atom stereocenters. The molecule has 0 fully saturated rings. The van der Waals surface area contributed by atoms with E-state index in [1.54, 1.807) is 0 Å². The van der Waals surface area contributed by atoms with E-state index >= 15 is 4.79 Å². The van der Waals surface area contributed by atoms with Crippen LogP contribution in [0, 0.1) is 0 Å². The highest BCUT2D eigenvalue weighted by atomic mass is 16.1. The quantitative estimate of drug-likeness (QED) is 0.120. The lowest BCUT2D eigenvalue weighted by molar-refractivity contribution is 0.103. The van der Waals surface area contributed by atoms with Gasteiger partial charge in [-0.05, 0) is 232 Å². The molecule has 0 N–H and O–H groups in total. The number of fused-ring (bicyclic) bond motifs is 25. The molecule has 2 atom stereocenters. The maximum atomic E-state index is 15.7. The third kappa shape index (κ3) is 7.05. The Morgan fingerprint density at radius 3 is 1.40 bits per heavy atom. The Bertz CT molecular complexity index is 5780. The molecule has 15 aromatic carbocycles. The molecular weight excluding hydrogens is 1110 g/mol. The first kappa shape index (κ1) is 51.4. The highest BCUT2D eigenvalue weighted by Crippen LogP contribution is 2.67. The summed E-state index contributed by atoms with van der Waals surface area (Å²) < 4.78 is 0. The van der Waals surface area contributed by atoms with Gasteiger partial charge in [-0.1, -0.05) is 267 Å². The van der Waals surface area contributed by atoms with Gasteiger partial charge in [0.25, 0.3) is 0 Å². The van der Waals surface area contributed by atoms with Gasteiger partial charge in [0.2, 0.25) is 0 Å². The molecule has 0 heterocycles. The third-order valence-electron chi connectivity index (χ3n) is 21.6. The van der Waals surface area contributed by atoms with Gasteiger partial charge in [0.15, 0.2) is 5.78 Å². The second-order valence-electron chi connectivity index (χ2n) is 26.0. The molecule has 5 aliphatic carbocycles. The van der Waals surface area contributed by atoms with Crippen molar-refractivity contribution >= 4 is 48.9 Å². The van der Waals surface area contributed by atoms with Gasteiger partial charge < -0.3 is 0 Å². The van der Waals surface area contributed by atoms with E-state index in [9.17, 15) is 0 Å². The van der Waals surface area contributed by atoms with Crippen LogP contribution in [0.4, 0.5) is 0 Å². The zero-order chi connectivity index (χ0) is 60.4. The van der Waals surface area contributed by atoms with Crippen LogP contribution in [0.5, 0.6) is 0 Å². The van der Waals surface area contributed by atoms with Crippen LogP contribution >= 0.6 is 0 Å². The lowest BCUT2D eigenvalue weighted by atomic mass is 9.67. The summed E-state index contributed by atoms with van der Waals surface area (Å²) in [5.74, 6) is 0.173. The molecule has 5 aliphatic rings. The van der Waals surface area contributed by atoms with Crippen molar-refractivity contribution in [1.82, 2.24) is 0 Å². The van der Waals surface area contributed by atoms with Gasteiger partial charge in [-0.3, -0.25) is 4.79 Å². The van der Waals surface area contributed by atoms with Crippen molar-refractivity contribution in [3.63, 3.8) is 0 Å². The van der Waals surface area contributed by atoms with E-state index in [4.69, 9.17) is 0 Å². The van der Waals surface area contributed by atoms with Crippen molar-refractivity contribution in [3.8, 4) is 77.9 Å². The van der Waals surface area contributed by atoms with Crippen LogP contribution in [0.2, 0.25) is 0 Å². The summed E-state index contributed by atoms with van der Waals surface area (Å²) in [5.41, 5.74) is 28.9. The van der Waals surface area contributed by atoms with Crippen LogP contribution in [0.15, 0.2) is 333 Å². The molecule has 1 nitrogen and oxygen atoms in total. The Morgan fingerprint density at radius 2 is 0.739 bits per heavy atom. The van der Waals surface area contributed by atoms with Gasteiger partial charge in [-0.15, -0.1) is 0 Å². The lowest BCUT2D eigenvalue weighted by Gasteiger charge is -2.34. The normalized spacial score (nSPS) is 16.4. The fourth-order valence-corrected chi connectivity index (χ4v) is 17.6. The second kappa shape index (κ2) is 19.3. The number of carbonyl (C=O) groups excluding carboxylic acids is 1. The molecule has 0 saturated heterocycles. The molecule has 0 saturated carbocycles. The average Bonchev–Trinajstić information content (AvgIpc) is 1.52. The Morgan fingerprint density at radius 1 is 0.283 bits per heavy atom. The van der Waals surface area contributed by atoms with Crippen molar-refractivity contribution in [2.75, 3.05) is 0 Å². The number of hydrogen-bond donors (Lipinski definition) is 0. The van der Waals surface area contributed by atoms with E-state index in [1.807, 2.05) is 0 Å². The zero-order valence-electron chi connectivity index (χ0n) is 50.3. The Balaban J connectivity index is 0.672. The molecule has 1 heteroatoms. The minimum absolute atomic E-state index is 0.0621. The molecule has 0 aromatic heterocycles. The molecular formula is C91H56O. The first-order valence-corrected chi connectivity index (χ1v) is 32.3. The molecule has 15 aromatic rings. The number of hydrogen-bond acceptors (Lipinski definition) is 1. The topological polar surface area (TPSA) is 17.1 Å². The van der Waals surface area contributed by atoms with E-state index < -0.39 is 10.8 Å². The van der Waals surface area contributed by atoms with Gasteiger partial charge in [0.05, 0.1) is 10.8 Å². The van der Waals surface area contributed by atoms with Gasteiger partial charge >= 0.3 is 0 Å². The van der Waals surface area contributed by atoms with Crippen molar-refractivity contribution in [2.24, 2.45) is 0 Å². The molecule has 0 aliphatic heterocycles. The van der Waals surface area contributed by atoms with Gasteiger partial charge in [-0.2, -0.15) is 0 Å². The SMILES string of the molecule is O=C(C1=CCC2C(=C1)C1(c3ccccc3-c3ccc(-c4ccc5cc(-c6cccc(-c7ccc8cc(-c9ccc%10ccccc%10c9)ccc8c7)c6)c6ccccc6c5c4)cc31)c1ccccc12)c1ccc2c(c1)C1(c3ccccc3-c3ccccc31)c1ccccc1-2. The predicted molar refractivity (Wildman–Crippen MR) is 381 cm³/mol. The molecule has 0 amide bonds. The third-order valence-corrected chi connectivity index (χ3v) is 21.6. The maximum Gasteiger partial charge on any atom is 0.192 e.